The van der Waals surface area contributed by atoms with Crippen molar-refractivity contribution in [2.75, 3.05) is 0 Å². The molecule has 22 heavy (non-hydrogen) atoms. The van der Waals surface area contributed by atoms with Crippen molar-refractivity contribution in [1.82, 2.24) is 4.57 Å². The standard InChI is InChI=1S/C16H17NO3S.Y/c1-6-7(2)9(4)13-11(8(6)3)14(18)12(16(19)20)15-17(13)10(5)21-15;/h10H,1-5H3,(H,19,20);. The molecule has 2 aromatic rings. The first-order chi connectivity index (χ1) is 9.77. The van der Waals surface area contributed by atoms with Crippen LogP contribution in [0.25, 0.3) is 10.9 Å². The summed E-state index contributed by atoms with van der Waals surface area (Å²) in [6.07, 6.45) is 0. The Labute approximate surface area is 158 Å². The van der Waals surface area contributed by atoms with E-state index in [0.29, 0.717) is 10.4 Å². The summed E-state index contributed by atoms with van der Waals surface area (Å²) in [5.74, 6) is -1.14. The molecule has 4 nitrogen and oxygen atoms in total. The zero-order valence-corrected chi connectivity index (χ0v) is 16.9. The van der Waals surface area contributed by atoms with Crippen LogP contribution in [0.15, 0.2) is 9.82 Å². The van der Waals surface area contributed by atoms with E-state index in [2.05, 4.69) is 6.92 Å². The number of nitrogens with zero attached hydrogens (tertiary/aromatic N) is 1. The zero-order chi connectivity index (χ0) is 15.6. The van der Waals surface area contributed by atoms with Gasteiger partial charge in [-0.2, -0.15) is 0 Å². The van der Waals surface area contributed by atoms with Crippen LogP contribution in [0.4, 0.5) is 0 Å². The van der Waals surface area contributed by atoms with Crippen molar-refractivity contribution < 1.29 is 42.6 Å². The van der Waals surface area contributed by atoms with Gasteiger partial charge in [0, 0.05) is 32.7 Å². The fraction of sp³-hybridized carbons (Fsp3) is 0.375. The number of fused-ring (bicyclic) bond motifs is 3. The van der Waals surface area contributed by atoms with Crippen LogP contribution in [0.3, 0.4) is 0 Å². The van der Waals surface area contributed by atoms with E-state index < -0.39 is 5.97 Å². The van der Waals surface area contributed by atoms with Gasteiger partial charge in [0.15, 0.2) is 0 Å². The van der Waals surface area contributed by atoms with Gasteiger partial charge in [-0.05, 0) is 56.9 Å². The maximum Gasteiger partial charge on any atom is 0.342 e. The number of aromatic carboxylic acids is 1. The van der Waals surface area contributed by atoms with E-state index in [1.54, 1.807) is 0 Å². The average molecular weight is 392 g/mol. The molecule has 113 valence electrons. The van der Waals surface area contributed by atoms with Crippen LogP contribution in [-0.4, -0.2) is 15.6 Å². The first-order valence-corrected chi connectivity index (χ1v) is 7.73. The van der Waals surface area contributed by atoms with Crippen molar-refractivity contribution in [1.29, 1.82) is 0 Å². The molecule has 6 heteroatoms. The van der Waals surface area contributed by atoms with Crippen LogP contribution < -0.4 is 5.43 Å². The molecule has 1 aromatic heterocycles. The minimum Gasteiger partial charge on any atom is -0.477 e. The maximum atomic E-state index is 12.7. The van der Waals surface area contributed by atoms with Gasteiger partial charge in [-0.3, -0.25) is 4.79 Å². The molecule has 0 aliphatic carbocycles. The molecule has 3 rings (SSSR count). The van der Waals surface area contributed by atoms with E-state index in [0.717, 1.165) is 22.2 Å². The van der Waals surface area contributed by atoms with Crippen LogP contribution in [0, 0.1) is 27.7 Å². The quantitative estimate of drug-likeness (QED) is 0.807. The number of aromatic nitrogens is 1. The molecule has 0 spiro atoms. The molecule has 1 unspecified atom stereocenters. The van der Waals surface area contributed by atoms with Crippen LogP contribution >= 0.6 is 11.8 Å². The van der Waals surface area contributed by atoms with E-state index in [1.165, 1.54) is 17.3 Å². The number of aryl methyl sites for hydroxylation is 2. The van der Waals surface area contributed by atoms with Crippen molar-refractivity contribution in [3.63, 3.8) is 0 Å². The molecular weight excluding hydrogens is 375 g/mol. The number of benzene rings is 1. The van der Waals surface area contributed by atoms with Gasteiger partial charge >= 0.3 is 5.97 Å². The molecule has 0 saturated carbocycles. The molecular formula is C16H17NO3SY. The van der Waals surface area contributed by atoms with E-state index in [4.69, 9.17) is 0 Å². The Hall–Kier alpha value is -0.646. The predicted octanol–water partition coefficient (Wildman–Crippen LogP) is 3.56. The van der Waals surface area contributed by atoms with Crippen LogP contribution in [-0.2, 0) is 32.7 Å². The Bertz CT molecular complexity index is 886. The number of carboxylic acids is 1. The maximum absolute atomic E-state index is 12.7. The van der Waals surface area contributed by atoms with Crippen LogP contribution in [0.1, 0.15) is 44.9 Å². The number of carboxylic acid groups (broad SMARTS) is 1. The second kappa shape index (κ2) is 5.77. The fourth-order valence-electron chi connectivity index (χ4n) is 3.13. The summed E-state index contributed by atoms with van der Waals surface area (Å²) < 4.78 is 2.00. The van der Waals surface area contributed by atoms with Gasteiger partial charge in [-0.25, -0.2) is 4.79 Å². The molecule has 0 saturated heterocycles. The van der Waals surface area contributed by atoms with Crippen molar-refractivity contribution in [3.05, 3.63) is 38.0 Å². The minimum atomic E-state index is -1.14. The molecule has 1 aromatic carbocycles. The van der Waals surface area contributed by atoms with E-state index in [9.17, 15) is 14.7 Å². The number of thioether (sulfide) groups is 1. The summed E-state index contributed by atoms with van der Waals surface area (Å²) >= 11 is 1.44. The molecule has 0 amide bonds. The first kappa shape index (κ1) is 17.7. The SMILES string of the molecule is Cc1c(C)c(C)c2c(c1C)c(=O)c(C(=O)O)c1n2C(C)S1.[Y]. The monoisotopic (exact) mass is 392 g/mol. The average Bonchev–Trinajstić information content (AvgIpc) is 2.40. The van der Waals surface area contributed by atoms with Crippen molar-refractivity contribution >= 4 is 28.6 Å². The first-order valence-electron chi connectivity index (χ1n) is 6.85. The summed E-state index contributed by atoms with van der Waals surface area (Å²) in [4.78, 5) is 24.2. The van der Waals surface area contributed by atoms with Crippen molar-refractivity contribution in [3.8, 4) is 0 Å². The Kier molecular flexibility index (Phi) is 4.64. The Morgan fingerprint density at radius 3 is 2.14 bits per heavy atom. The molecule has 1 atom stereocenters. The summed E-state index contributed by atoms with van der Waals surface area (Å²) in [5.41, 5.74) is 4.64. The molecule has 1 N–H and O–H groups in total. The zero-order valence-electron chi connectivity index (χ0n) is 13.3. The van der Waals surface area contributed by atoms with Gasteiger partial charge in [-0.15, -0.1) is 0 Å². The number of carbonyl (C=O) groups is 1. The van der Waals surface area contributed by atoms with Gasteiger partial charge < -0.3 is 9.67 Å². The van der Waals surface area contributed by atoms with Crippen LogP contribution in [0.5, 0.6) is 0 Å². The van der Waals surface area contributed by atoms with Gasteiger partial charge in [0.2, 0.25) is 5.43 Å². The Morgan fingerprint density at radius 2 is 1.64 bits per heavy atom. The number of pyridine rings is 1. The third-order valence-corrected chi connectivity index (χ3v) is 5.82. The Morgan fingerprint density at radius 1 is 1.09 bits per heavy atom. The second-order valence-corrected chi connectivity index (χ2v) is 6.93. The molecule has 2 heterocycles. The largest absolute Gasteiger partial charge is 0.477 e. The Balaban J connectivity index is 0.00000176. The normalized spacial score (nSPS) is 16.0. The van der Waals surface area contributed by atoms with Gasteiger partial charge in [0.25, 0.3) is 0 Å². The van der Waals surface area contributed by atoms with Gasteiger partial charge in [0.05, 0.1) is 21.3 Å². The molecule has 0 bridgehead atoms. The fourth-order valence-corrected chi connectivity index (χ4v) is 4.27. The minimum absolute atomic E-state index is 0. The summed E-state index contributed by atoms with van der Waals surface area (Å²) in [7, 11) is 0. The summed E-state index contributed by atoms with van der Waals surface area (Å²) in [6, 6.07) is 0. The number of rotatable bonds is 1. The van der Waals surface area contributed by atoms with Crippen molar-refractivity contribution in [2.45, 2.75) is 45.0 Å². The van der Waals surface area contributed by atoms with E-state index in [1.807, 2.05) is 32.3 Å². The predicted molar refractivity (Wildman–Crippen MR) is 84.7 cm³/mol. The van der Waals surface area contributed by atoms with Crippen LogP contribution in [0.2, 0.25) is 0 Å². The second-order valence-electron chi connectivity index (χ2n) is 5.63. The summed E-state index contributed by atoms with van der Waals surface area (Å²) in [5, 5.41) is 10.7. The van der Waals surface area contributed by atoms with E-state index in [-0.39, 0.29) is 49.1 Å². The third kappa shape index (κ3) is 2.13. The van der Waals surface area contributed by atoms with Gasteiger partial charge in [0.1, 0.15) is 5.56 Å². The topological polar surface area (TPSA) is 59.3 Å². The third-order valence-electron chi connectivity index (χ3n) is 4.64. The number of hydrogen-bond donors (Lipinski definition) is 1. The molecule has 1 aliphatic rings. The summed E-state index contributed by atoms with van der Waals surface area (Å²) in [6.45, 7) is 9.97. The smallest absolute Gasteiger partial charge is 0.342 e. The van der Waals surface area contributed by atoms with E-state index >= 15 is 0 Å². The molecule has 0 fully saturated rings. The van der Waals surface area contributed by atoms with Gasteiger partial charge in [-0.1, -0.05) is 11.8 Å². The number of hydrogen-bond acceptors (Lipinski definition) is 3. The molecule has 1 radical (unpaired) electrons. The van der Waals surface area contributed by atoms with Crippen molar-refractivity contribution in [2.24, 2.45) is 0 Å². The molecule has 1 aliphatic heterocycles.